The van der Waals surface area contributed by atoms with Crippen LogP contribution in [0.3, 0.4) is 0 Å². The minimum Gasteiger partial charge on any atom is -0.484 e. The second-order valence-electron chi connectivity index (χ2n) is 3.66. The number of halogens is 1. The number of amides is 1. The van der Waals surface area contributed by atoms with E-state index >= 15 is 0 Å². The number of hydrogen-bond acceptors (Lipinski definition) is 4. The van der Waals surface area contributed by atoms with Crippen molar-refractivity contribution in [3.05, 3.63) is 29.3 Å². The maximum atomic E-state index is 11.5. The number of carboxylic acid groups (broad SMARTS) is 1. The minimum atomic E-state index is -1.17. The second kappa shape index (κ2) is 7.60. The Morgan fingerprint density at radius 2 is 2.00 bits per heavy atom. The summed E-state index contributed by atoms with van der Waals surface area (Å²) in [6, 6.07) is 5.38. The lowest BCUT2D eigenvalue weighted by atomic mass is 10.3. The van der Waals surface area contributed by atoms with Crippen LogP contribution in [0.15, 0.2) is 24.3 Å². The fourth-order valence-electron chi connectivity index (χ4n) is 1.26. The van der Waals surface area contributed by atoms with Crippen LogP contribution in [-0.2, 0) is 14.3 Å². The van der Waals surface area contributed by atoms with Crippen LogP contribution in [0.25, 0.3) is 0 Å². The Hall–Kier alpha value is -1.79. The van der Waals surface area contributed by atoms with Gasteiger partial charge in [-0.2, -0.15) is 0 Å². The van der Waals surface area contributed by atoms with Gasteiger partial charge in [0.25, 0.3) is 5.91 Å². The van der Waals surface area contributed by atoms with E-state index < -0.39 is 17.9 Å². The van der Waals surface area contributed by atoms with Gasteiger partial charge in [-0.15, -0.1) is 0 Å². The molecule has 6 nitrogen and oxygen atoms in total. The average Bonchev–Trinajstić information content (AvgIpc) is 2.37. The average molecular weight is 288 g/mol. The largest absolute Gasteiger partial charge is 0.484 e. The summed E-state index contributed by atoms with van der Waals surface area (Å²) in [6.45, 7) is -0.392. The van der Waals surface area contributed by atoms with Crippen molar-refractivity contribution in [2.45, 2.75) is 6.04 Å². The van der Waals surface area contributed by atoms with Gasteiger partial charge >= 0.3 is 5.97 Å². The van der Waals surface area contributed by atoms with E-state index in [1.165, 1.54) is 7.11 Å². The minimum absolute atomic E-state index is 0.109. The quantitative estimate of drug-likeness (QED) is 0.779. The molecule has 1 aromatic carbocycles. The summed E-state index contributed by atoms with van der Waals surface area (Å²) in [5.74, 6) is -1.24. The van der Waals surface area contributed by atoms with Crippen LogP contribution in [0.2, 0.25) is 5.02 Å². The fraction of sp³-hybridized carbons (Fsp3) is 0.333. The summed E-state index contributed by atoms with van der Waals surface area (Å²) in [7, 11) is 1.35. The number of aliphatic carboxylic acids is 1. The van der Waals surface area contributed by atoms with Gasteiger partial charge in [0.15, 0.2) is 12.6 Å². The molecule has 0 saturated carbocycles. The van der Waals surface area contributed by atoms with Crippen LogP contribution in [0, 0.1) is 0 Å². The van der Waals surface area contributed by atoms with Gasteiger partial charge in [-0.25, -0.2) is 4.79 Å². The number of carboxylic acids is 1. The molecule has 0 bridgehead atoms. The molecule has 0 aliphatic rings. The maximum Gasteiger partial charge on any atom is 0.328 e. The molecule has 19 heavy (non-hydrogen) atoms. The van der Waals surface area contributed by atoms with E-state index in [4.69, 9.17) is 26.2 Å². The Labute approximate surface area is 115 Å². The van der Waals surface area contributed by atoms with Crippen LogP contribution in [0.1, 0.15) is 0 Å². The topological polar surface area (TPSA) is 84.9 Å². The van der Waals surface area contributed by atoms with Crippen molar-refractivity contribution in [3.8, 4) is 5.75 Å². The Balaban J connectivity index is 2.42. The standard InChI is InChI=1S/C12H14ClNO5/c1-18-6-10(12(16)17)14-11(15)7-19-9-4-2-8(13)3-5-9/h2-5,10H,6-7H2,1H3,(H,14,15)(H,16,17). The van der Waals surface area contributed by atoms with Crippen molar-refractivity contribution in [1.29, 1.82) is 0 Å². The summed E-state index contributed by atoms with van der Waals surface area (Å²) in [5, 5.41) is 11.7. The predicted molar refractivity (Wildman–Crippen MR) is 68.4 cm³/mol. The van der Waals surface area contributed by atoms with Crippen molar-refractivity contribution in [2.24, 2.45) is 0 Å². The van der Waals surface area contributed by atoms with Gasteiger partial charge in [-0.3, -0.25) is 4.79 Å². The van der Waals surface area contributed by atoms with Crippen LogP contribution < -0.4 is 10.1 Å². The molecule has 0 spiro atoms. The zero-order valence-corrected chi connectivity index (χ0v) is 11.0. The molecule has 0 aromatic heterocycles. The first-order valence-electron chi connectivity index (χ1n) is 5.42. The number of rotatable bonds is 7. The number of benzene rings is 1. The van der Waals surface area contributed by atoms with Crippen LogP contribution in [0.5, 0.6) is 5.75 Å². The van der Waals surface area contributed by atoms with Gasteiger partial charge in [0.05, 0.1) is 6.61 Å². The Kier molecular flexibility index (Phi) is 6.11. The van der Waals surface area contributed by atoms with E-state index in [0.29, 0.717) is 10.8 Å². The van der Waals surface area contributed by atoms with Crippen LogP contribution in [-0.4, -0.2) is 43.3 Å². The molecule has 1 unspecified atom stereocenters. The van der Waals surface area contributed by atoms with Gasteiger partial charge in [0.2, 0.25) is 0 Å². The van der Waals surface area contributed by atoms with E-state index in [2.05, 4.69) is 5.32 Å². The number of carbonyl (C=O) groups excluding carboxylic acids is 1. The van der Waals surface area contributed by atoms with E-state index in [1.807, 2.05) is 0 Å². The van der Waals surface area contributed by atoms with Crippen molar-refractivity contribution < 1.29 is 24.2 Å². The zero-order chi connectivity index (χ0) is 14.3. The van der Waals surface area contributed by atoms with Gasteiger partial charge in [0.1, 0.15) is 5.75 Å². The monoisotopic (exact) mass is 287 g/mol. The normalized spacial score (nSPS) is 11.7. The van der Waals surface area contributed by atoms with Crippen molar-refractivity contribution in [2.75, 3.05) is 20.3 Å². The van der Waals surface area contributed by atoms with E-state index in [-0.39, 0.29) is 13.2 Å². The smallest absolute Gasteiger partial charge is 0.328 e. The first kappa shape index (κ1) is 15.3. The van der Waals surface area contributed by atoms with Gasteiger partial charge in [-0.1, -0.05) is 11.6 Å². The van der Waals surface area contributed by atoms with E-state index in [0.717, 1.165) is 0 Å². The Bertz CT molecular complexity index is 434. The first-order valence-corrected chi connectivity index (χ1v) is 5.80. The second-order valence-corrected chi connectivity index (χ2v) is 4.09. The summed E-state index contributed by atoms with van der Waals surface area (Å²) in [5.41, 5.74) is 0. The maximum absolute atomic E-state index is 11.5. The number of methoxy groups -OCH3 is 1. The van der Waals surface area contributed by atoms with Gasteiger partial charge < -0.3 is 19.9 Å². The number of hydrogen-bond donors (Lipinski definition) is 2. The molecule has 1 rings (SSSR count). The summed E-state index contributed by atoms with van der Waals surface area (Å²) in [6.07, 6.45) is 0. The fourth-order valence-corrected chi connectivity index (χ4v) is 1.38. The highest BCUT2D eigenvalue weighted by molar-refractivity contribution is 6.30. The van der Waals surface area contributed by atoms with Crippen LogP contribution in [0.4, 0.5) is 0 Å². The number of nitrogens with one attached hydrogen (secondary N) is 1. The molecule has 2 N–H and O–H groups in total. The molecule has 1 amide bonds. The molecular weight excluding hydrogens is 274 g/mol. The molecule has 0 heterocycles. The lowest BCUT2D eigenvalue weighted by Gasteiger charge is -2.13. The van der Waals surface area contributed by atoms with Crippen molar-refractivity contribution in [1.82, 2.24) is 5.32 Å². The summed E-state index contributed by atoms with van der Waals surface area (Å²) >= 11 is 5.70. The molecule has 0 fully saturated rings. The third-order valence-corrected chi connectivity index (χ3v) is 2.40. The van der Waals surface area contributed by atoms with Crippen LogP contribution >= 0.6 is 11.6 Å². The lowest BCUT2D eigenvalue weighted by Crippen LogP contribution is -2.45. The Morgan fingerprint density at radius 1 is 1.37 bits per heavy atom. The van der Waals surface area contributed by atoms with E-state index in [1.54, 1.807) is 24.3 Å². The Morgan fingerprint density at radius 3 is 2.53 bits per heavy atom. The molecule has 1 atom stereocenters. The molecule has 7 heteroatoms. The molecule has 0 saturated heterocycles. The first-order chi connectivity index (χ1) is 9.02. The van der Waals surface area contributed by atoms with Crippen molar-refractivity contribution in [3.63, 3.8) is 0 Å². The van der Waals surface area contributed by atoms with E-state index in [9.17, 15) is 9.59 Å². The number of carbonyl (C=O) groups is 2. The third-order valence-electron chi connectivity index (χ3n) is 2.15. The number of ether oxygens (including phenoxy) is 2. The molecular formula is C12H14ClNO5. The zero-order valence-electron chi connectivity index (χ0n) is 10.3. The highest BCUT2D eigenvalue weighted by Crippen LogP contribution is 2.15. The highest BCUT2D eigenvalue weighted by Gasteiger charge is 2.19. The lowest BCUT2D eigenvalue weighted by molar-refractivity contribution is -0.143. The SMILES string of the molecule is COCC(NC(=O)COc1ccc(Cl)cc1)C(=O)O. The molecule has 0 aliphatic heterocycles. The predicted octanol–water partition coefficient (Wildman–Crippen LogP) is 0.935. The summed E-state index contributed by atoms with van der Waals surface area (Å²) in [4.78, 5) is 22.3. The third kappa shape index (κ3) is 5.58. The molecule has 1 aromatic rings. The summed E-state index contributed by atoms with van der Waals surface area (Å²) < 4.78 is 9.87. The van der Waals surface area contributed by atoms with Gasteiger partial charge in [-0.05, 0) is 24.3 Å². The molecule has 0 radical (unpaired) electrons. The van der Waals surface area contributed by atoms with Gasteiger partial charge in [0, 0.05) is 12.1 Å². The van der Waals surface area contributed by atoms with Crippen molar-refractivity contribution >= 4 is 23.5 Å². The molecule has 104 valence electrons. The highest BCUT2D eigenvalue weighted by atomic mass is 35.5. The molecule has 0 aliphatic carbocycles.